The first-order valence-corrected chi connectivity index (χ1v) is 5.95. The minimum atomic E-state index is -0.573. The molecule has 0 aliphatic carbocycles. The van der Waals surface area contributed by atoms with Gasteiger partial charge in [0.15, 0.2) is 0 Å². The standard InChI is InChI=1S/C12H21N3O2/c1-5-13-8-9-7-10(16)15-11(14-9)12(3,4)17-6-2/h7,13H,5-6,8H2,1-4H3,(H,14,15,16). The van der Waals surface area contributed by atoms with Crippen molar-refractivity contribution in [2.24, 2.45) is 0 Å². The Morgan fingerprint density at radius 1 is 1.47 bits per heavy atom. The highest BCUT2D eigenvalue weighted by molar-refractivity contribution is 5.07. The van der Waals surface area contributed by atoms with Gasteiger partial charge in [0, 0.05) is 19.2 Å². The molecule has 0 unspecified atom stereocenters. The number of aromatic amines is 1. The second-order valence-electron chi connectivity index (χ2n) is 4.31. The highest BCUT2D eigenvalue weighted by atomic mass is 16.5. The molecule has 0 atom stereocenters. The molecule has 0 aliphatic heterocycles. The Hall–Kier alpha value is -1.20. The Bertz CT molecular complexity index is 412. The van der Waals surface area contributed by atoms with Gasteiger partial charge in [0.1, 0.15) is 11.4 Å². The van der Waals surface area contributed by atoms with Crippen molar-refractivity contribution in [3.63, 3.8) is 0 Å². The van der Waals surface area contributed by atoms with Gasteiger partial charge >= 0.3 is 0 Å². The third-order valence-corrected chi connectivity index (χ3v) is 2.43. The van der Waals surface area contributed by atoms with E-state index >= 15 is 0 Å². The van der Waals surface area contributed by atoms with Gasteiger partial charge in [-0.25, -0.2) is 4.98 Å². The number of hydrogen-bond acceptors (Lipinski definition) is 4. The molecule has 1 rings (SSSR count). The monoisotopic (exact) mass is 239 g/mol. The van der Waals surface area contributed by atoms with Gasteiger partial charge in [0.05, 0.1) is 5.69 Å². The van der Waals surface area contributed by atoms with E-state index in [0.717, 1.165) is 12.2 Å². The molecule has 0 spiro atoms. The Morgan fingerprint density at radius 2 is 2.18 bits per heavy atom. The Kier molecular flexibility index (Phi) is 4.84. The van der Waals surface area contributed by atoms with Gasteiger partial charge < -0.3 is 15.0 Å². The van der Waals surface area contributed by atoms with Crippen molar-refractivity contribution in [3.05, 3.63) is 27.9 Å². The molecule has 0 saturated heterocycles. The van der Waals surface area contributed by atoms with Crippen LogP contribution in [0.3, 0.4) is 0 Å². The Morgan fingerprint density at radius 3 is 2.76 bits per heavy atom. The molecule has 5 nitrogen and oxygen atoms in total. The molecule has 0 bridgehead atoms. The van der Waals surface area contributed by atoms with E-state index in [2.05, 4.69) is 15.3 Å². The minimum Gasteiger partial charge on any atom is -0.368 e. The summed E-state index contributed by atoms with van der Waals surface area (Å²) in [5, 5.41) is 3.15. The third kappa shape index (κ3) is 3.94. The molecule has 2 N–H and O–H groups in total. The fraction of sp³-hybridized carbons (Fsp3) is 0.667. The number of rotatable bonds is 6. The van der Waals surface area contributed by atoms with Crippen LogP contribution in [0, 0.1) is 0 Å². The van der Waals surface area contributed by atoms with Gasteiger partial charge in [-0.3, -0.25) is 4.79 Å². The van der Waals surface area contributed by atoms with Crippen molar-refractivity contribution in [2.45, 2.75) is 39.8 Å². The average Bonchev–Trinajstić information content (AvgIpc) is 2.25. The first-order valence-electron chi connectivity index (χ1n) is 5.95. The van der Waals surface area contributed by atoms with Gasteiger partial charge in [0.2, 0.25) is 0 Å². The molecule has 0 fully saturated rings. The molecule has 1 aromatic rings. The van der Waals surface area contributed by atoms with E-state index < -0.39 is 5.60 Å². The number of nitrogens with zero attached hydrogens (tertiary/aromatic N) is 1. The van der Waals surface area contributed by atoms with Crippen LogP contribution in [0.5, 0.6) is 0 Å². The van der Waals surface area contributed by atoms with Crippen LogP contribution in [-0.4, -0.2) is 23.1 Å². The number of H-pyrrole nitrogens is 1. The maximum Gasteiger partial charge on any atom is 0.251 e. The zero-order valence-corrected chi connectivity index (χ0v) is 11.0. The molecule has 17 heavy (non-hydrogen) atoms. The van der Waals surface area contributed by atoms with Crippen LogP contribution in [0.25, 0.3) is 0 Å². The maximum atomic E-state index is 11.5. The SMILES string of the molecule is CCNCc1cc(=O)[nH]c(C(C)(C)OCC)n1. The number of hydrogen-bond donors (Lipinski definition) is 2. The quantitative estimate of drug-likeness (QED) is 0.781. The fourth-order valence-electron chi connectivity index (χ4n) is 1.57. The predicted octanol–water partition coefficient (Wildman–Crippen LogP) is 1.15. The van der Waals surface area contributed by atoms with Crippen LogP contribution < -0.4 is 10.9 Å². The zero-order valence-electron chi connectivity index (χ0n) is 11.0. The van der Waals surface area contributed by atoms with E-state index in [-0.39, 0.29) is 5.56 Å². The van der Waals surface area contributed by atoms with E-state index in [0.29, 0.717) is 19.0 Å². The first-order chi connectivity index (χ1) is 7.99. The van der Waals surface area contributed by atoms with Gasteiger partial charge in [-0.2, -0.15) is 0 Å². The smallest absolute Gasteiger partial charge is 0.251 e. The molecular weight excluding hydrogens is 218 g/mol. The van der Waals surface area contributed by atoms with Crippen LogP contribution >= 0.6 is 0 Å². The Labute approximate surface area is 102 Å². The molecule has 0 aliphatic rings. The second kappa shape index (κ2) is 5.93. The summed E-state index contributed by atoms with van der Waals surface area (Å²) < 4.78 is 5.58. The van der Waals surface area contributed by atoms with Gasteiger partial charge in [0.25, 0.3) is 5.56 Å². The second-order valence-corrected chi connectivity index (χ2v) is 4.31. The summed E-state index contributed by atoms with van der Waals surface area (Å²) in [6, 6.07) is 1.51. The van der Waals surface area contributed by atoms with Gasteiger partial charge in [-0.05, 0) is 27.3 Å². The normalized spacial score (nSPS) is 11.8. The largest absolute Gasteiger partial charge is 0.368 e. The summed E-state index contributed by atoms with van der Waals surface area (Å²) in [5.74, 6) is 0.569. The van der Waals surface area contributed by atoms with E-state index in [4.69, 9.17) is 4.74 Å². The lowest BCUT2D eigenvalue weighted by Crippen LogP contribution is -2.29. The maximum absolute atomic E-state index is 11.5. The number of ether oxygens (including phenoxy) is 1. The molecule has 1 aromatic heterocycles. The zero-order chi connectivity index (χ0) is 12.9. The molecule has 0 amide bonds. The molecule has 5 heteroatoms. The molecule has 1 heterocycles. The topological polar surface area (TPSA) is 67.0 Å². The van der Waals surface area contributed by atoms with Crippen LogP contribution in [0.1, 0.15) is 39.2 Å². The molecule has 0 aromatic carbocycles. The van der Waals surface area contributed by atoms with E-state index in [1.165, 1.54) is 6.07 Å². The van der Waals surface area contributed by atoms with E-state index in [1.54, 1.807) is 0 Å². The fourth-order valence-corrected chi connectivity index (χ4v) is 1.57. The van der Waals surface area contributed by atoms with E-state index in [9.17, 15) is 4.79 Å². The summed E-state index contributed by atoms with van der Waals surface area (Å²) >= 11 is 0. The summed E-state index contributed by atoms with van der Waals surface area (Å²) in [7, 11) is 0. The lowest BCUT2D eigenvalue weighted by Gasteiger charge is -2.23. The average molecular weight is 239 g/mol. The van der Waals surface area contributed by atoms with Crippen molar-refractivity contribution >= 4 is 0 Å². The number of nitrogens with one attached hydrogen (secondary N) is 2. The van der Waals surface area contributed by atoms with Crippen LogP contribution in [0.4, 0.5) is 0 Å². The number of aromatic nitrogens is 2. The molecule has 0 saturated carbocycles. The van der Waals surface area contributed by atoms with Gasteiger partial charge in [-0.1, -0.05) is 6.92 Å². The molecule has 0 radical (unpaired) electrons. The van der Waals surface area contributed by atoms with Gasteiger partial charge in [-0.15, -0.1) is 0 Å². The van der Waals surface area contributed by atoms with Crippen molar-refractivity contribution in [2.75, 3.05) is 13.2 Å². The third-order valence-electron chi connectivity index (χ3n) is 2.43. The lowest BCUT2D eigenvalue weighted by molar-refractivity contribution is -0.0211. The highest BCUT2D eigenvalue weighted by Gasteiger charge is 2.24. The van der Waals surface area contributed by atoms with Crippen molar-refractivity contribution in [1.29, 1.82) is 0 Å². The van der Waals surface area contributed by atoms with E-state index in [1.807, 2.05) is 27.7 Å². The van der Waals surface area contributed by atoms with Crippen molar-refractivity contribution in [1.82, 2.24) is 15.3 Å². The van der Waals surface area contributed by atoms with Crippen LogP contribution in [0.2, 0.25) is 0 Å². The molecular formula is C12H21N3O2. The Balaban J connectivity index is 3.00. The highest BCUT2D eigenvalue weighted by Crippen LogP contribution is 2.19. The van der Waals surface area contributed by atoms with Crippen molar-refractivity contribution in [3.8, 4) is 0 Å². The summed E-state index contributed by atoms with van der Waals surface area (Å²) in [5.41, 5.74) is 0.0184. The summed E-state index contributed by atoms with van der Waals surface area (Å²) in [6.07, 6.45) is 0. The summed E-state index contributed by atoms with van der Waals surface area (Å²) in [6.45, 7) is 9.74. The van der Waals surface area contributed by atoms with Crippen LogP contribution in [0.15, 0.2) is 10.9 Å². The lowest BCUT2D eigenvalue weighted by atomic mass is 10.1. The van der Waals surface area contributed by atoms with Crippen LogP contribution in [-0.2, 0) is 16.9 Å². The van der Waals surface area contributed by atoms with Crippen molar-refractivity contribution < 1.29 is 4.74 Å². The molecule has 96 valence electrons. The minimum absolute atomic E-state index is 0.143. The first kappa shape index (κ1) is 13.9. The summed E-state index contributed by atoms with van der Waals surface area (Å²) in [4.78, 5) is 18.7. The predicted molar refractivity (Wildman–Crippen MR) is 66.9 cm³/mol.